The van der Waals surface area contributed by atoms with Gasteiger partial charge in [0.1, 0.15) is 23.4 Å². The normalized spacial score (nSPS) is 20.7. The fourth-order valence-corrected chi connectivity index (χ4v) is 6.22. The van der Waals surface area contributed by atoms with Crippen molar-refractivity contribution in [2.24, 2.45) is 5.92 Å². The van der Waals surface area contributed by atoms with Crippen molar-refractivity contribution in [2.75, 3.05) is 4.90 Å². The van der Waals surface area contributed by atoms with E-state index >= 15 is 0 Å². The number of rotatable bonds is 8. The highest BCUT2D eigenvalue weighted by Crippen LogP contribution is 2.56. The second-order valence-corrected chi connectivity index (χ2v) is 10.2. The van der Waals surface area contributed by atoms with Gasteiger partial charge >= 0.3 is 0 Å². The zero-order chi connectivity index (χ0) is 24.7. The van der Waals surface area contributed by atoms with Crippen LogP contribution < -0.4 is 9.19 Å². The molecule has 35 heavy (non-hydrogen) atoms. The minimum atomic E-state index is 0.0611. The number of carbonyl (C=O) groups is 2. The van der Waals surface area contributed by atoms with Crippen LogP contribution in [0, 0.1) is 5.92 Å². The summed E-state index contributed by atoms with van der Waals surface area (Å²) in [5.41, 5.74) is 5.89. The van der Waals surface area contributed by atoms with E-state index in [2.05, 4.69) is 35.0 Å². The SMILES string of the molecule is CC(=O)C[C@H]1CC[C@@H]2c3cc(C(=O)Cc4ccc(OCl)cc4)cc(-c4ccn[nH]4)c3N(C(C)C)[C@H]12. The molecule has 5 rings (SSSR count). The number of hydrogen-bond donors (Lipinski definition) is 1. The Morgan fingerprint density at radius 2 is 1.94 bits per heavy atom. The van der Waals surface area contributed by atoms with Gasteiger partial charge < -0.3 is 14.0 Å². The Morgan fingerprint density at radius 3 is 2.57 bits per heavy atom. The van der Waals surface area contributed by atoms with Crippen LogP contribution in [0.25, 0.3) is 11.3 Å². The average Bonchev–Trinajstić information content (AvgIpc) is 3.56. The van der Waals surface area contributed by atoms with Gasteiger partial charge in [0, 0.05) is 48.2 Å². The molecule has 1 aliphatic heterocycles. The third kappa shape index (κ3) is 4.36. The number of ketones is 2. The predicted octanol–water partition coefficient (Wildman–Crippen LogP) is 6.10. The number of nitrogens with one attached hydrogen (secondary N) is 1. The minimum absolute atomic E-state index is 0.0611. The zero-order valence-electron chi connectivity index (χ0n) is 20.3. The van der Waals surface area contributed by atoms with Gasteiger partial charge in [-0.2, -0.15) is 5.10 Å². The number of hydrogen-bond acceptors (Lipinski definition) is 5. The summed E-state index contributed by atoms with van der Waals surface area (Å²) in [7, 11) is 0. The van der Waals surface area contributed by atoms with Gasteiger partial charge in [0.05, 0.1) is 11.4 Å². The highest BCUT2D eigenvalue weighted by Gasteiger charge is 2.49. The number of aromatic nitrogens is 2. The van der Waals surface area contributed by atoms with Crippen LogP contribution in [0.1, 0.15) is 67.4 Å². The van der Waals surface area contributed by atoms with Gasteiger partial charge in [-0.25, -0.2) is 0 Å². The molecule has 0 unspecified atom stereocenters. The lowest BCUT2D eigenvalue weighted by Gasteiger charge is -2.36. The molecule has 1 N–H and O–H groups in total. The summed E-state index contributed by atoms with van der Waals surface area (Å²) in [5.74, 6) is 1.48. The second-order valence-electron chi connectivity index (χ2n) is 10.1. The lowest BCUT2D eigenvalue weighted by atomic mass is 9.89. The molecule has 1 aromatic heterocycles. The van der Waals surface area contributed by atoms with Crippen LogP contribution in [0.5, 0.6) is 5.75 Å². The number of H-pyrrole nitrogens is 1. The molecule has 2 aliphatic rings. The first-order chi connectivity index (χ1) is 16.9. The number of carbonyl (C=O) groups excluding carboxylic acids is 2. The first-order valence-corrected chi connectivity index (χ1v) is 12.5. The summed E-state index contributed by atoms with van der Waals surface area (Å²) in [5, 5.41) is 7.30. The maximum absolute atomic E-state index is 13.5. The number of benzene rings is 2. The molecule has 0 bridgehead atoms. The van der Waals surface area contributed by atoms with Crippen LogP contribution in [-0.2, 0) is 11.2 Å². The Kier molecular flexibility index (Phi) is 6.41. The molecule has 6 nitrogen and oxygen atoms in total. The molecule has 1 saturated carbocycles. The Balaban J connectivity index is 1.58. The summed E-state index contributed by atoms with van der Waals surface area (Å²) in [4.78, 5) is 28.0. The number of Topliss-reactive ketones (excluding diaryl/α,β-unsaturated/α-hetero) is 2. The number of aromatic amines is 1. The summed E-state index contributed by atoms with van der Waals surface area (Å²) in [6, 6.07) is 13.8. The fourth-order valence-electron chi connectivity index (χ4n) is 6.11. The van der Waals surface area contributed by atoms with Crippen molar-refractivity contribution in [1.29, 1.82) is 0 Å². The van der Waals surface area contributed by atoms with E-state index in [9.17, 15) is 9.59 Å². The lowest BCUT2D eigenvalue weighted by Crippen LogP contribution is -2.42. The van der Waals surface area contributed by atoms with Crippen LogP contribution in [0.4, 0.5) is 5.69 Å². The third-order valence-electron chi connectivity index (χ3n) is 7.46. The molecule has 7 heteroatoms. The topological polar surface area (TPSA) is 75.3 Å². The highest BCUT2D eigenvalue weighted by molar-refractivity contribution is 6.09. The van der Waals surface area contributed by atoms with E-state index < -0.39 is 0 Å². The fraction of sp³-hybridized carbons (Fsp3) is 0.393. The third-order valence-corrected chi connectivity index (χ3v) is 7.64. The first kappa shape index (κ1) is 23.6. The summed E-state index contributed by atoms with van der Waals surface area (Å²) in [6.45, 7) is 6.10. The van der Waals surface area contributed by atoms with Crippen LogP contribution in [0.15, 0.2) is 48.7 Å². The van der Waals surface area contributed by atoms with Crippen molar-refractivity contribution in [2.45, 2.75) is 64.5 Å². The zero-order valence-corrected chi connectivity index (χ0v) is 21.0. The Labute approximate surface area is 210 Å². The van der Waals surface area contributed by atoms with Gasteiger partial charge in [0.25, 0.3) is 0 Å². The number of halogens is 1. The van der Waals surface area contributed by atoms with Gasteiger partial charge in [-0.3, -0.25) is 9.89 Å². The molecule has 3 aromatic rings. The summed E-state index contributed by atoms with van der Waals surface area (Å²) in [6.07, 6.45) is 4.69. The van der Waals surface area contributed by atoms with Crippen LogP contribution >= 0.6 is 11.9 Å². The Morgan fingerprint density at radius 1 is 1.17 bits per heavy atom. The van der Waals surface area contributed by atoms with E-state index in [4.69, 9.17) is 16.2 Å². The quantitative estimate of drug-likeness (QED) is 0.385. The predicted molar refractivity (Wildman–Crippen MR) is 137 cm³/mol. The Hall–Kier alpha value is -3.12. The monoisotopic (exact) mass is 491 g/mol. The van der Waals surface area contributed by atoms with Gasteiger partial charge in [0.15, 0.2) is 5.78 Å². The first-order valence-electron chi connectivity index (χ1n) is 12.2. The smallest absolute Gasteiger partial charge is 0.167 e. The van der Waals surface area contributed by atoms with E-state index in [1.807, 2.05) is 24.3 Å². The van der Waals surface area contributed by atoms with Crippen LogP contribution in [0.2, 0.25) is 0 Å². The van der Waals surface area contributed by atoms with E-state index in [-0.39, 0.29) is 23.7 Å². The number of fused-ring (bicyclic) bond motifs is 3. The highest BCUT2D eigenvalue weighted by atomic mass is 35.5. The molecule has 2 heterocycles. The summed E-state index contributed by atoms with van der Waals surface area (Å²) >= 11 is 5.42. The molecule has 2 aromatic carbocycles. The molecule has 1 fully saturated rings. The molecule has 0 amide bonds. The maximum Gasteiger partial charge on any atom is 0.167 e. The minimum Gasteiger partial charge on any atom is -0.386 e. The number of nitrogens with zero attached hydrogens (tertiary/aromatic N) is 2. The molecular weight excluding hydrogens is 462 g/mol. The van der Waals surface area contributed by atoms with Crippen molar-refractivity contribution in [3.8, 4) is 17.0 Å². The largest absolute Gasteiger partial charge is 0.386 e. The molecule has 1 aliphatic carbocycles. The molecule has 0 saturated heterocycles. The Bertz CT molecular complexity index is 1240. The van der Waals surface area contributed by atoms with Gasteiger partial charge in [-0.05, 0) is 81.0 Å². The number of anilines is 1. The molecule has 182 valence electrons. The lowest BCUT2D eigenvalue weighted by molar-refractivity contribution is -0.117. The maximum atomic E-state index is 13.5. The van der Waals surface area contributed by atoms with Crippen molar-refractivity contribution >= 4 is 29.1 Å². The molecule has 0 radical (unpaired) electrons. The molecule has 3 atom stereocenters. The van der Waals surface area contributed by atoms with Crippen molar-refractivity contribution < 1.29 is 13.9 Å². The van der Waals surface area contributed by atoms with E-state index in [0.29, 0.717) is 36.0 Å². The average molecular weight is 492 g/mol. The van der Waals surface area contributed by atoms with Gasteiger partial charge in [-0.15, -0.1) is 0 Å². The molecular formula is C28H30ClN3O3. The van der Waals surface area contributed by atoms with Crippen molar-refractivity contribution in [1.82, 2.24) is 10.2 Å². The van der Waals surface area contributed by atoms with E-state index in [0.717, 1.165) is 29.7 Å². The van der Waals surface area contributed by atoms with Crippen LogP contribution in [0.3, 0.4) is 0 Å². The second kappa shape index (κ2) is 9.50. The van der Waals surface area contributed by atoms with Crippen molar-refractivity contribution in [3.05, 3.63) is 65.4 Å². The standard InChI is InChI=1S/C28H30ClN3O3/c1-16(2)32-27-19(12-17(3)33)6-9-22(27)23-14-20(15-24(28(23)32)25-10-11-30-31-25)26(34)13-18-4-7-21(35-29)8-5-18/h4-5,7-8,10-11,14-16,19,22,27H,6,9,12-13H2,1-3H3,(H,30,31)/t19-,22-,27-/m1/s1. The molecule has 0 spiro atoms. The van der Waals surface area contributed by atoms with Crippen LogP contribution in [-0.4, -0.2) is 33.8 Å². The van der Waals surface area contributed by atoms with E-state index in [1.54, 1.807) is 25.3 Å². The summed E-state index contributed by atoms with van der Waals surface area (Å²) < 4.78 is 4.72. The van der Waals surface area contributed by atoms with Crippen molar-refractivity contribution in [3.63, 3.8) is 0 Å². The van der Waals surface area contributed by atoms with E-state index in [1.165, 1.54) is 11.3 Å². The van der Waals surface area contributed by atoms with Gasteiger partial charge in [0.2, 0.25) is 0 Å². The van der Waals surface area contributed by atoms with Gasteiger partial charge in [-0.1, -0.05) is 12.1 Å².